The number of hydrogen-bond acceptors (Lipinski definition) is 4. The van der Waals surface area contributed by atoms with Crippen molar-refractivity contribution in [2.75, 3.05) is 26.0 Å². The van der Waals surface area contributed by atoms with Gasteiger partial charge in [0.15, 0.2) is 0 Å². The van der Waals surface area contributed by atoms with Crippen molar-refractivity contribution in [3.05, 3.63) is 58.6 Å². The fraction of sp³-hybridized carbons (Fsp3) is 0.222. The molecule has 2 rings (SSSR count). The largest absolute Gasteiger partial charge is 0.496 e. The van der Waals surface area contributed by atoms with Crippen LogP contribution < -0.4 is 15.8 Å². The van der Waals surface area contributed by atoms with Gasteiger partial charge in [-0.05, 0) is 49.5 Å². The number of methoxy groups -OCH3 is 1. The summed E-state index contributed by atoms with van der Waals surface area (Å²) in [5.41, 5.74) is 7.08. The second-order valence-electron chi connectivity index (χ2n) is 5.62. The van der Waals surface area contributed by atoms with Crippen molar-refractivity contribution in [1.29, 1.82) is 0 Å². The average Bonchev–Trinajstić information content (AvgIpc) is 2.55. The molecule has 2 amide bonds. The first-order chi connectivity index (χ1) is 11.9. The summed E-state index contributed by atoms with van der Waals surface area (Å²) in [5, 5.41) is 3.39. The van der Waals surface area contributed by atoms with Gasteiger partial charge in [-0.3, -0.25) is 14.5 Å². The van der Waals surface area contributed by atoms with Crippen LogP contribution >= 0.6 is 11.6 Å². The summed E-state index contributed by atoms with van der Waals surface area (Å²) in [7, 11) is 3.42. The van der Waals surface area contributed by atoms with Crippen LogP contribution in [0.25, 0.3) is 0 Å². The molecular weight excluding hydrogens is 342 g/mol. The van der Waals surface area contributed by atoms with Crippen LogP contribution in [0, 0.1) is 0 Å². The zero-order chi connectivity index (χ0) is 18.4. The summed E-state index contributed by atoms with van der Waals surface area (Å²) in [5.74, 6) is 0.0436. The molecule has 0 aliphatic carbocycles. The maximum Gasteiger partial charge on any atom is 0.248 e. The molecule has 0 bridgehead atoms. The number of carbonyl (C=O) groups is 2. The number of carbonyl (C=O) groups excluding carboxylic acids is 2. The number of ether oxygens (including phenoxy) is 1. The summed E-state index contributed by atoms with van der Waals surface area (Å²) < 4.78 is 5.31. The Bertz CT molecular complexity index is 763. The molecule has 0 fully saturated rings. The van der Waals surface area contributed by atoms with Gasteiger partial charge in [-0.25, -0.2) is 0 Å². The first kappa shape index (κ1) is 18.8. The summed E-state index contributed by atoms with van der Waals surface area (Å²) in [4.78, 5) is 25.0. The summed E-state index contributed by atoms with van der Waals surface area (Å²) in [6, 6.07) is 11.8. The van der Waals surface area contributed by atoms with Crippen molar-refractivity contribution in [3.8, 4) is 5.75 Å². The van der Waals surface area contributed by atoms with Gasteiger partial charge in [0.25, 0.3) is 0 Å². The number of nitrogens with zero attached hydrogens (tertiary/aromatic N) is 1. The summed E-state index contributed by atoms with van der Waals surface area (Å²) >= 11 is 6.02. The highest BCUT2D eigenvalue weighted by Gasteiger charge is 2.11. The topological polar surface area (TPSA) is 84.7 Å². The smallest absolute Gasteiger partial charge is 0.248 e. The van der Waals surface area contributed by atoms with Crippen LogP contribution in [-0.4, -0.2) is 37.4 Å². The molecule has 0 spiro atoms. The fourth-order valence-corrected chi connectivity index (χ4v) is 2.58. The van der Waals surface area contributed by atoms with Crippen molar-refractivity contribution in [3.63, 3.8) is 0 Å². The number of likely N-dealkylation sites (N-methyl/N-ethyl adjacent to an activating group) is 1. The zero-order valence-corrected chi connectivity index (χ0v) is 14.8. The maximum absolute atomic E-state index is 12.2. The van der Waals surface area contributed by atoms with Crippen molar-refractivity contribution in [2.45, 2.75) is 6.54 Å². The molecule has 2 aromatic rings. The molecule has 0 atom stereocenters. The van der Waals surface area contributed by atoms with Gasteiger partial charge < -0.3 is 15.8 Å². The third-order valence-electron chi connectivity index (χ3n) is 3.55. The van der Waals surface area contributed by atoms with Gasteiger partial charge >= 0.3 is 0 Å². The lowest BCUT2D eigenvalue weighted by Gasteiger charge is -2.18. The first-order valence-electron chi connectivity index (χ1n) is 7.59. The van der Waals surface area contributed by atoms with Crippen LogP contribution in [0.3, 0.4) is 0 Å². The van der Waals surface area contributed by atoms with Gasteiger partial charge in [-0.2, -0.15) is 0 Å². The molecule has 132 valence electrons. The molecule has 25 heavy (non-hydrogen) atoms. The van der Waals surface area contributed by atoms with E-state index < -0.39 is 5.91 Å². The van der Waals surface area contributed by atoms with E-state index in [1.165, 1.54) is 0 Å². The van der Waals surface area contributed by atoms with Gasteiger partial charge in [0.05, 0.1) is 13.7 Å². The molecule has 0 heterocycles. The Morgan fingerprint density at radius 1 is 1.20 bits per heavy atom. The third kappa shape index (κ3) is 5.48. The standard InChI is InChI=1S/C18H20ClN3O3/c1-22(10-13-9-14(19)5-8-16(13)25-2)11-17(23)21-15-6-3-12(4-7-15)18(20)24/h3-9H,10-11H2,1-2H3,(H2,20,24)(H,21,23). The van der Waals surface area contributed by atoms with E-state index in [4.69, 9.17) is 22.1 Å². The lowest BCUT2D eigenvalue weighted by atomic mass is 10.2. The van der Waals surface area contributed by atoms with E-state index in [2.05, 4.69) is 5.32 Å². The summed E-state index contributed by atoms with van der Waals surface area (Å²) in [6.45, 7) is 0.699. The number of nitrogens with two attached hydrogens (primary N) is 1. The van der Waals surface area contributed by atoms with Crippen molar-refractivity contribution in [2.24, 2.45) is 5.73 Å². The minimum atomic E-state index is -0.506. The van der Waals surface area contributed by atoms with E-state index in [1.807, 2.05) is 18.0 Å². The number of nitrogens with one attached hydrogen (secondary N) is 1. The quantitative estimate of drug-likeness (QED) is 0.793. The Kier molecular flexibility index (Phi) is 6.38. The zero-order valence-electron chi connectivity index (χ0n) is 14.1. The molecule has 0 aliphatic rings. The number of halogens is 1. The van der Waals surface area contributed by atoms with Crippen LogP contribution in [0.15, 0.2) is 42.5 Å². The number of hydrogen-bond donors (Lipinski definition) is 2. The molecule has 0 aliphatic heterocycles. The SMILES string of the molecule is COc1ccc(Cl)cc1CN(C)CC(=O)Nc1ccc(C(N)=O)cc1. The highest BCUT2D eigenvalue weighted by molar-refractivity contribution is 6.30. The number of amides is 2. The molecule has 0 saturated heterocycles. The number of rotatable bonds is 7. The van der Waals surface area contributed by atoms with Crippen molar-refractivity contribution >= 4 is 29.1 Å². The molecule has 2 aromatic carbocycles. The van der Waals surface area contributed by atoms with Crippen molar-refractivity contribution < 1.29 is 14.3 Å². The molecule has 0 unspecified atom stereocenters. The molecular formula is C18H20ClN3O3. The van der Waals surface area contributed by atoms with Gasteiger partial charge in [0.2, 0.25) is 11.8 Å². The van der Waals surface area contributed by atoms with Crippen LogP contribution in [0.2, 0.25) is 5.02 Å². The monoisotopic (exact) mass is 361 g/mol. The molecule has 6 nitrogen and oxygen atoms in total. The third-order valence-corrected chi connectivity index (χ3v) is 3.78. The molecule has 3 N–H and O–H groups in total. The van der Waals surface area contributed by atoms with E-state index >= 15 is 0 Å². The molecule has 0 radical (unpaired) electrons. The van der Waals surface area contributed by atoms with Crippen LogP contribution in [0.5, 0.6) is 5.75 Å². The highest BCUT2D eigenvalue weighted by atomic mass is 35.5. The van der Waals surface area contributed by atoms with Gasteiger partial charge in [-0.15, -0.1) is 0 Å². The second kappa shape index (κ2) is 8.50. The minimum absolute atomic E-state index is 0.171. The van der Waals surface area contributed by atoms with E-state index in [9.17, 15) is 9.59 Å². The normalized spacial score (nSPS) is 10.6. The Morgan fingerprint density at radius 2 is 1.88 bits per heavy atom. The number of primary amides is 1. The first-order valence-corrected chi connectivity index (χ1v) is 7.97. The Hall–Kier alpha value is -2.57. The Labute approximate surface area is 151 Å². The average molecular weight is 362 g/mol. The minimum Gasteiger partial charge on any atom is -0.496 e. The van der Waals surface area contributed by atoms with E-state index in [0.717, 1.165) is 11.3 Å². The van der Waals surface area contributed by atoms with Gasteiger partial charge in [0, 0.05) is 28.4 Å². The molecule has 0 aromatic heterocycles. The number of benzene rings is 2. The van der Waals surface area contributed by atoms with Crippen LogP contribution in [0.1, 0.15) is 15.9 Å². The van der Waals surface area contributed by atoms with E-state index in [-0.39, 0.29) is 12.5 Å². The van der Waals surface area contributed by atoms with Crippen molar-refractivity contribution in [1.82, 2.24) is 4.90 Å². The second-order valence-corrected chi connectivity index (χ2v) is 6.05. The lowest BCUT2D eigenvalue weighted by Crippen LogP contribution is -2.30. The van der Waals surface area contributed by atoms with Gasteiger partial charge in [0.1, 0.15) is 5.75 Å². The molecule has 0 saturated carbocycles. The Morgan fingerprint density at radius 3 is 2.48 bits per heavy atom. The van der Waals surface area contributed by atoms with Gasteiger partial charge in [-0.1, -0.05) is 11.6 Å². The summed E-state index contributed by atoms with van der Waals surface area (Å²) in [6.07, 6.45) is 0. The lowest BCUT2D eigenvalue weighted by molar-refractivity contribution is -0.117. The van der Waals surface area contributed by atoms with E-state index in [1.54, 1.807) is 43.5 Å². The Balaban J connectivity index is 1.94. The predicted molar refractivity (Wildman–Crippen MR) is 97.9 cm³/mol. The number of anilines is 1. The maximum atomic E-state index is 12.2. The van der Waals surface area contributed by atoms with Crippen LogP contribution in [0.4, 0.5) is 5.69 Å². The highest BCUT2D eigenvalue weighted by Crippen LogP contribution is 2.23. The predicted octanol–water partition coefficient (Wildman–Crippen LogP) is 2.52. The van der Waals surface area contributed by atoms with E-state index in [0.29, 0.717) is 22.8 Å². The van der Waals surface area contributed by atoms with Crippen LogP contribution in [-0.2, 0) is 11.3 Å². The molecule has 7 heteroatoms. The fourth-order valence-electron chi connectivity index (χ4n) is 2.38.